The molecule has 27 heavy (non-hydrogen) atoms. The molecule has 4 aliphatic carbocycles. The Morgan fingerprint density at radius 3 is 1.52 bits per heavy atom. The number of phosphoric ester groups is 1. The molecule has 142 valence electrons. The van der Waals surface area contributed by atoms with Crippen LogP contribution in [0.4, 0.5) is 0 Å². The maximum Gasteiger partial charge on any atom is 0.588 e. The van der Waals surface area contributed by atoms with Gasteiger partial charge in [-0.3, -0.25) is 4.52 Å². The van der Waals surface area contributed by atoms with Gasteiger partial charge in [-0.15, -0.1) is 0 Å². The number of phosphoric acid groups is 1. The Morgan fingerprint density at radius 2 is 1.11 bits per heavy atom. The summed E-state index contributed by atoms with van der Waals surface area (Å²) in [5.41, 5.74) is -0.367. The largest absolute Gasteiger partial charge is 0.588 e. The highest BCUT2D eigenvalue weighted by atomic mass is 31.2. The Morgan fingerprint density at radius 1 is 0.704 bits per heavy atom. The van der Waals surface area contributed by atoms with Crippen molar-refractivity contribution in [3.05, 3.63) is 60.7 Å². The van der Waals surface area contributed by atoms with Gasteiger partial charge in [-0.25, -0.2) is 4.57 Å². The summed E-state index contributed by atoms with van der Waals surface area (Å²) in [6.07, 6.45) is 6.81. The lowest BCUT2D eigenvalue weighted by molar-refractivity contribution is -0.115. The molecular formula is C22H25O4P. The van der Waals surface area contributed by atoms with Crippen LogP contribution in [0.5, 0.6) is 11.5 Å². The van der Waals surface area contributed by atoms with Crippen LogP contribution in [0.3, 0.4) is 0 Å². The minimum atomic E-state index is -3.81. The molecular weight excluding hydrogens is 359 g/mol. The first kappa shape index (κ1) is 17.3. The van der Waals surface area contributed by atoms with E-state index >= 15 is 0 Å². The minimum Gasteiger partial charge on any atom is -0.395 e. The second-order valence-corrected chi connectivity index (χ2v) is 9.89. The third kappa shape index (κ3) is 3.66. The van der Waals surface area contributed by atoms with Crippen LogP contribution in [-0.2, 0) is 9.09 Å². The topological polar surface area (TPSA) is 44.8 Å². The summed E-state index contributed by atoms with van der Waals surface area (Å²) in [4.78, 5) is 0. The van der Waals surface area contributed by atoms with E-state index in [0.29, 0.717) is 29.3 Å². The quantitative estimate of drug-likeness (QED) is 0.553. The molecule has 4 nitrogen and oxygen atoms in total. The van der Waals surface area contributed by atoms with Crippen LogP contribution in [0.1, 0.15) is 38.5 Å². The number of hydrogen-bond acceptors (Lipinski definition) is 4. The molecule has 4 saturated carbocycles. The van der Waals surface area contributed by atoms with Crippen LogP contribution < -0.4 is 9.05 Å². The van der Waals surface area contributed by atoms with E-state index in [1.807, 2.05) is 36.4 Å². The zero-order chi connectivity index (χ0) is 18.3. The van der Waals surface area contributed by atoms with E-state index in [1.54, 1.807) is 24.3 Å². The average molecular weight is 384 g/mol. The molecule has 0 unspecified atom stereocenters. The van der Waals surface area contributed by atoms with Gasteiger partial charge in [-0.2, -0.15) is 0 Å². The molecule has 0 atom stereocenters. The van der Waals surface area contributed by atoms with Crippen molar-refractivity contribution >= 4 is 7.82 Å². The van der Waals surface area contributed by atoms with E-state index in [-0.39, 0.29) is 5.60 Å². The first-order valence-electron chi connectivity index (χ1n) is 9.90. The molecule has 2 aromatic carbocycles. The van der Waals surface area contributed by atoms with Crippen molar-refractivity contribution in [1.29, 1.82) is 0 Å². The summed E-state index contributed by atoms with van der Waals surface area (Å²) in [7, 11) is -3.81. The van der Waals surface area contributed by atoms with Crippen molar-refractivity contribution in [3.63, 3.8) is 0 Å². The highest BCUT2D eigenvalue weighted by molar-refractivity contribution is 7.49. The van der Waals surface area contributed by atoms with Crippen molar-refractivity contribution < 1.29 is 18.1 Å². The smallest absolute Gasteiger partial charge is 0.395 e. The summed E-state index contributed by atoms with van der Waals surface area (Å²) >= 11 is 0. The molecule has 0 heterocycles. The Labute approximate surface area is 160 Å². The Bertz CT molecular complexity index is 755. The normalized spacial score (nSPS) is 31.6. The number of para-hydroxylation sites is 2. The monoisotopic (exact) mass is 384 g/mol. The minimum absolute atomic E-state index is 0.367. The predicted molar refractivity (Wildman–Crippen MR) is 104 cm³/mol. The molecule has 0 aliphatic heterocycles. The van der Waals surface area contributed by atoms with Crippen molar-refractivity contribution in [2.45, 2.75) is 44.1 Å². The summed E-state index contributed by atoms with van der Waals surface area (Å²) < 4.78 is 31.8. The van der Waals surface area contributed by atoms with Gasteiger partial charge in [0, 0.05) is 0 Å². The standard InChI is InChI=1S/C22H25O4P/c23-27(24-20-7-3-1-4-8-20,25-21-9-5-2-6-10-21)26-22-14-17-11-18(15-22)13-19(12-17)16-22/h1-10,17-19H,11-16H2. The van der Waals surface area contributed by atoms with Crippen LogP contribution >= 0.6 is 7.82 Å². The van der Waals surface area contributed by atoms with Gasteiger partial charge in [-0.05, 0) is 80.5 Å². The fourth-order valence-electron chi connectivity index (χ4n) is 5.66. The van der Waals surface area contributed by atoms with E-state index in [4.69, 9.17) is 13.6 Å². The second kappa shape index (κ2) is 6.68. The molecule has 0 amide bonds. The van der Waals surface area contributed by atoms with Crippen LogP contribution in [0.25, 0.3) is 0 Å². The summed E-state index contributed by atoms with van der Waals surface area (Å²) in [6.45, 7) is 0. The summed E-state index contributed by atoms with van der Waals surface area (Å²) in [6, 6.07) is 18.3. The summed E-state index contributed by atoms with van der Waals surface area (Å²) in [5, 5.41) is 0. The lowest BCUT2D eigenvalue weighted by Crippen LogP contribution is -2.51. The van der Waals surface area contributed by atoms with Crippen LogP contribution in [0, 0.1) is 17.8 Å². The second-order valence-electron chi connectivity index (χ2n) is 8.45. The first-order chi connectivity index (χ1) is 13.1. The zero-order valence-electron chi connectivity index (χ0n) is 15.3. The van der Waals surface area contributed by atoms with Gasteiger partial charge in [0.2, 0.25) is 0 Å². The van der Waals surface area contributed by atoms with Crippen molar-refractivity contribution in [2.75, 3.05) is 0 Å². The fourth-order valence-corrected chi connectivity index (χ4v) is 7.23. The average Bonchev–Trinajstić information content (AvgIpc) is 2.61. The molecule has 0 radical (unpaired) electrons. The lowest BCUT2D eigenvalue weighted by Gasteiger charge is -2.56. The first-order valence-corrected chi connectivity index (χ1v) is 11.4. The van der Waals surface area contributed by atoms with Crippen molar-refractivity contribution in [3.8, 4) is 11.5 Å². The van der Waals surface area contributed by atoms with Crippen molar-refractivity contribution in [2.24, 2.45) is 17.8 Å². The van der Waals surface area contributed by atoms with Crippen LogP contribution in [0.2, 0.25) is 0 Å². The molecule has 2 aromatic rings. The molecule has 4 bridgehead atoms. The molecule has 0 aromatic heterocycles. The van der Waals surface area contributed by atoms with Gasteiger partial charge < -0.3 is 9.05 Å². The molecule has 4 fully saturated rings. The third-order valence-electron chi connectivity index (χ3n) is 6.21. The highest BCUT2D eigenvalue weighted by Gasteiger charge is 2.55. The molecule has 5 heteroatoms. The Kier molecular flexibility index (Phi) is 4.29. The number of hydrogen-bond donors (Lipinski definition) is 0. The Balaban J connectivity index is 1.44. The Hall–Kier alpha value is -1.77. The molecule has 0 saturated heterocycles. The third-order valence-corrected chi connectivity index (χ3v) is 7.69. The lowest BCUT2D eigenvalue weighted by atomic mass is 9.54. The van der Waals surface area contributed by atoms with Gasteiger partial charge in [0.1, 0.15) is 11.5 Å². The number of benzene rings is 2. The molecule has 0 spiro atoms. The van der Waals surface area contributed by atoms with E-state index in [0.717, 1.165) is 19.3 Å². The highest BCUT2D eigenvalue weighted by Crippen LogP contribution is 2.63. The van der Waals surface area contributed by atoms with Gasteiger partial charge in [-0.1, -0.05) is 36.4 Å². The zero-order valence-corrected chi connectivity index (χ0v) is 16.2. The van der Waals surface area contributed by atoms with Crippen LogP contribution in [0.15, 0.2) is 60.7 Å². The van der Waals surface area contributed by atoms with Gasteiger partial charge in [0.25, 0.3) is 0 Å². The van der Waals surface area contributed by atoms with E-state index in [2.05, 4.69) is 0 Å². The van der Waals surface area contributed by atoms with E-state index in [9.17, 15) is 4.57 Å². The van der Waals surface area contributed by atoms with Crippen LogP contribution in [-0.4, -0.2) is 5.60 Å². The molecule has 6 rings (SSSR count). The maximum atomic E-state index is 13.8. The van der Waals surface area contributed by atoms with Gasteiger partial charge in [0.15, 0.2) is 0 Å². The molecule has 4 aliphatic rings. The molecule has 0 N–H and O–H groups in total. The fraction of sp³-hybridized carbons (Fsp3) is 0.455. The van der Waals surface area contributed by atoms with E-state index in [1.165, 1.54) is 19.3 Å². The van der Waals surface area contributed by atoms with Gasteiger partial charge in [0.05, 0.1) is 5.60 Å². The van der Waals surface area contributed by atoms with E-state index < -0.39 is 7.82 Å². The maximum absolute atomic E-state index is 13.8. The summed E-state index contributed by atoms with van der Waals surface area (Å²) in [5.74, 6) is 3.08. The van der Waals surface area contributed by atoms with Gasteiger partial charge >= 0.3 is 7.82 Å². The van der Waals surface area contributed by atoms with Crippen molar-refractivity contribution in [1.82, 2.24) is 0 Å². The number of rotatable bonds is 6. The SMILES string of the molecule is O=P(Oc1ccccc1)(Oc1ccccc1)OC12CC3CC(CC(C3)C1)C2. The predicted octanol–water partition coefficient (Wildman–Crippen LogP) is 6.24.